The van der Waals surface area contributed by atoms with Crippen LogP contribution in [0.4, 0.5) is 13.2 Å². The predicted octanol–water partition coefficient (Wildman–Crippen LogP) is 2.44. The average molecular weight is 407 g/mol. The van der Waals surface area contributed by atoms with Gasteiger partial charge in [0, 0.05) is 37.2 Å². The number of nitrogens with zero attached hydrogens (tertiary/aromatic N) is 7. The number of carbonyl (C=O) groups is 1. The van der Waals surface area contributed by atoms with Crippen LogP contribution >= 0.6 is 0 Å². The molecule has 1 amide bonds. The first kappa shape index (κ1) is 19.3. The molecule has 0 radical (unpaired) electrons. The van der Waals surface area contributed by atoms with Gasteiger partial charge in [-0.25, -0.2) is 14.5 Å². The molecule has 154 valence electrons. The number of halogens is 3. The molecule has 4 heterocycles. The first-order chi connectivity index (χ1) is 13.8. The summed E-state index contributed by atoms with van der Waals surface area (Å²) in [5, 5.41) is 7.88. The van der Waals surface area contributed by atoms with Crippen LogP contribution in [0.5, 0.6) is 0 Å². The Balaban J connectivity index is 1.45. The Kier molecular flexibility index (Phi) is 4.97. The van der Waals surface area contributed by atoms with Crippen molar-refractivity contribution in [1.29, 1.82) is 0 Å². The fourth-order valence-electron chi connectivity index (χ4n) is 3.66. The largest absolute Gasteiger partial charge is 0.433 e. The molecule has 1 saturated heterocycles. The number of rotatable bonds is 4. The number of hydrogen-bond donors (Lipinski definition) is 0. The van der Waals surface area contributed by atoms with Gasteiger partial charge >= 0.3 is 6.18 Å². The van der Waals surface area contributed by atoms with E-state index in [0.717, 1.165) is 10.6 Å². The monoisotopic (exact) mass is 407 g/mol. The van der Waals surface area contributed by atoms with Crippen LogP contribution < -0.4 is 0 Å². The van der Waals surface area contributed by atoms with Crippen LogP contribution in [0.15, 0.2) is 24.8 Å². The Morgan fingerprint density at radius 2 is 2.00 bits per heavy atom. The molecule has 11 heteroatoms. The lowest BCUT2D eigenvalue weighted by Gasteiger charge is -2.32. The maximum absolute atomic E-state index is 13.5. The van der Waals surface area contributed by atoms with Crippen LogP contribution in [0, 0.1) is 6.92 Å². The Morgan fingerprint density at radius 1 is 1.24 bits per heavy atom. The maximum Gasteiger partial charge on any atom is 0.433 e. The van der Waals surface area contributed by atoms with Crippen molar-refractivity contribution in [2.75, 3.05) is 13.1 Å². The van der Waals surface area contributed by atoms with E-state index in [1.165, 1.54) is 6.33 Å². The number of piperidine rings is 1. The fraction of sp³-hybridized carbons (Fsp3) is 0.500. The molecule has 0 aromatic carbocycles. The van der Waals surface area contributed by atoms with Gasteiger partial charge < -0.3 is 4.90 Å². The maximum atomic E-state index is 13.5. The third kappa shape index (κ3) is 4.08. The first-order valence-corrected chi connectivity index (χ1v) is 9.36. The van der Waals surface area contributed by atoms with Crippen LogP contribution in [-0.4, -0.2) is 53.3 Å². The molecule has 1 aliphatic rings. The second-order valence-electron chi connectivity index (χ2n) is 7.18. The van der Waals surface area contributed by atoms with Crippen molar-refractivity contribution in [2.24, 2.45) is 0 Å². The van der Waals surface area contributed by atoms with Gasteiger partial charge in [-0.2, -0.15) is 23.4 Å². The lowest BCUT2D eigenvalue weighted by atomic mass is 9.92. The highest BCUT2D eigenvalue weighted by molar-refractivity contribution is 5.76. The van der Waals surface area contributed by atoms with Crippen LogP contribution in [0.1, 0.15) is 42.3 Å². The molecule has 0 unspecified atom stereocenters. The van der Waals surface area contributed by atoms with Crippen molar-refractivity contribution in [2.45, 2.75) is 44.8 Å². The highest BCUT2D eigenvalue weighted by Gasteiger charge is 2.36. The molecule has 0 atom stereocenters. The Labute approximate surface area is 164 Å². The Morgan fingerprint density at radius 3 is 2.66 bits per heavy atom. The second kappa shape index (κ2) is 7.45. The molecule has 0 spiro atoms. The first-order valence-electron chi connectivity index (χ1n) is 9.36. The van der Waals surface area contributed by atoms with Gasteiger partial charge in [0.05, 0.1) is 12.2 Å². The third-order valence-corrected chi connectivity index (χ3v) is 5.15. The van der Waals surface area contributed by atoms with E-state index in [9.17, 15) is 18.0 Å². The minimum Gasteiger partial charge on any atom is -0.343 e. The number of alkyl halides is 3. The van der Waals surface area contributed by atoms with Gasteiger partial charge in [-0.05, 0) is 25.8 Å². The fourth-order valence-corrected chi connectivity index (χ4v) is 3.66. The van der Waals surface area contributed by atoms with E-state index >= 15 is 0 Å². The highest BCUT2D eigenvalue weighted by atomic mass is 19.4. The highest BCUT2D eigenvalue weighted by Crippen LogP contribution is 2.34. The smallest absolute Gasteiger partial charge is 0.343 e. The predicted molar refractivity (Wildman–Crippen MR) is 95.9 cm³/mol. The van der Waals surface area contributed by atoms with E-state index in [1.807, 2.05) is 0 Å². The number of fused-ring (bicyclic) bond motifs is 1. The van der Waals surface area contributed by atoms with E-state index in [1.54, 1.807) is 28.9 Å². The van der Waals surface area contributed by atoms with Gasteiger partial charge in [0.2, 0.25) is 5.91 Å². The Bertz CT molecular complexity index is 1000. The zero-order chi connectivity index (χ0) is 20.6. The van der Waals surface area contributed by atoms with Gasteiger partial charge in [0.25, 0.3) is 0 Å². The molecule has 0 saturated carbocycles. The van der Waals surface area contributed by atoms with Crippen molar-refractivity contribution in [3.63, 3.8) is 0 Å². The summed E-state index contributed by atoms with van der Waals surface area (Å²) in [6.07, 6.45) is -0.0992. The number of carbonyl (C=O) groups excluding carboxylic acids is 1. The number of aryl methyl sites for hydroxylation is 2. The standard InChI is InChI=1S/C18H20F3N7O/c1-12-8-16-24-14(9-15(18(19,20)21)28(16)25-12)13-2-5-26(6-3-13)17(29)4-7-27-11-22-10-23-27/h8-11,13H,2-7H2,1H3. The minimum atomic E-state index is -4.52. The summed E-state index contributed by atoms with van der Waals surface area (Å²) in [5.74, 6) is -0.125. The number of hydrogen-bond acceptors (Lipinski definition) is 5. The van der Waals surface area contributed by atoms with Crippen molar-refractivity contribution in [3.05, 3.63) is 41.9 Å². The normalized spacial score (nSPS) is 15.9. The molecule has 3 aromatic rings. The third-order valence-electron chi connectivity index (χ3n) is 5.15. The number of likely N-dealkylation sites (tertiary alicyclic amines) is 1. The van der Waals surface area contributed by atoms with Crippen molar-refractivity contribution in [3.8, 4) is 0 Å². The molecule has 3 aromatic heterocycles. The summed E-state index contributed by atoms with van der Waals surface area (Å²) < 4.78 is 42.9. The van der Waals surface area contributed by atoms with Gasteiger partial charge in [-0.15, -0.1) is 0 Å². The molecular formula is C18H20F3N7O. The SMILES string of the molecule is Cc1cc2nc(C3CCN(C(=O)CCn4cncn4)CC3)cc(C(F)(F)F)n2n1. The molecule has 29 heavy (non-hydrogen) atoms. The zero-order valence-corrected chi connectivity index (χ0v) is 15.8. The van der Waals surface area contributed by atoms with E-state index in [-0.39, 0.29) is 17.5 Å². The molecule has 1 fully saturated rings. The number of aromatic nitrogens is 6. The Hall–Kier alpha value is -2.98. The van der Waals surface area contributed by atoms with E-state index in [4.69, 9.17) is 0 Å². The number of amides is 1. The minimum absolute atomic E-state index is 0.00440. The van der Waals surface area contributed by atoms with Crippen LogP contribution in [0.25, 0.3) is 5.65 Å². The van der Waals surface area contributed by atoms with E-state index < -0.39 is 11.9 Å². The van der Waals surface area contributed by atoms with Gasteiger partial charge in [-0.1, -0.05) is 0 Å². The lowest BCUT2D eigenvalue weighted by Crippen LogP contribution is -2.38. The second-order valence-corrected chi connectivity index (χ2v) is 7.18. The average Bonchev–Trinajstić information content (AvgIpc) is 3.33. The molecule has 4 rings (SSSR count). The summed E-state index contributed by atoms with van der Waals surface area (Å²) in [5.41, 5.74) is 0.253. The van der Waals surface area contributed by atoms with Crippen LogP contribution in [0.3, 0.4) is 0 Å². The molecule has 0 aliphatic carbocycles. The molecule has 0 bridgehead atoms. The topological polar surface area (TPSA) is 81.2 Å². The molecule has 8 nitrogen and oxygen atoms in total. The van der Waals surface area contributed by atoms with E-state index in [0.29, 0.717) is 50.3 Å². The van der Waals surface area contributed by atoms with Gasteiger partial charge in [-0.3, -0.25) is 9.48 Å². The summed E-state index contributed by atoms with van der Waals surface area (Å²) in [7, 11) is 0. The van der Waals surface area contributed by atoms with E-state index in [2.05, 4.69) is 20.2 Å². The zero-order valence-electron chi connectivity index (χ0n) is 15.8. The molecular weight excluding hydrogens is 387 g/mol. The summed E-state index contributed by atoms with van der Waals surface area (Å²) in [6, 6.07) is 2.63. The molecule has 0 N–H and O–H groups in total. The van der Waals surface area contributed by atoms with Crippen LogP contribution in [-0.2, 0) is 17.5 Å². The van der Waals surface area contributed by atoms with Crippen LogP contribution in [0.2, 0.25) is 0 Å². The van der Waals surface area contributed by atoms with Gasteiger partial charge in [0.1, 0.15) is 18.3 Å². The van der Waals surface area contributed by atoms with Crippen molar-refractivity contribution in [1.82, 2.24) is 34.3 Å². The van der Waals surface area contributed by atoms with Gasteiger partial charge in [0.15, 0.2) is 5.65 Å². The van der Waals surface area contributed by atoms with Crippen molar-refractivity contribution >= 4 is 11.6 Å². The summed E-state index contributed by atoms with van der Waals surface area (Å²) in [6.45, 7) is 3.07. The molecule has 1 aliphatic heterocycles. The summed E-state index contributed by atoms with van der Waals surface area (Å²) in [4.78, 5) is 22.4. The summed E-state index contributed by atoms with van der Waals surface area (Å²) >= 11 is 0. The lowest BCUT2D eigenvalue weighted by molar-refractivity contribution is -0.142. The quantitative estimate of drug-likeness (QED) is 0.664. The van der Waals surface area contributed by atoms with Crippen molar-refractivity contribution < 1.29 is 18.0 Å².